The van der Waals surface area contributed by atoms with E-state index in [9.17, 15) is 9.90 Å². The predicted molar refractivity (Wildman–Crippen MR) is 55.2 cm³/mol. The zero-order valence-corrected chi connectivity index (χ0v) is 9.62. The summed E-state index contributed by atoms with van der Waals surface area (Å²) in [6.45, 7) is 6.15. The average Bonchev–Trinajstić information content (AvgIpc) is 2.55. The lowest BCUT2D eigenvalue weighted by Crippen LogP contribution is -2.49. The first-order valence-electron chi connectivity index (χ1n) is 5.53. The maximum atomic E-state index is 11.8. The van der Waals surface area contributed by atoms with Crippen molar-refractivity contribution in [2.45, 2.75) is 51.4 Å². The number of fused-ring (bicyclic) bond motifs is 2. The number of likely N-dealkylation sites (tertiary alicyclic amines) is 1. The molecule has 1 aliphatic heterocycles. The number of rotatable bonds is 0. The molecule has 2 unspecified atom stereocenters. The first-order chi connectivity index (χ1) is 6.80. The van der Waals surface area contributed by atoms with Crippen LogP contribution in [0.2, 0.25) is 0 Å². The van der Waals surface area contributed by atoms with Gasteiger partial charge in [-0.1, -0.05) is 0 Å². The largest absolute Gasteiger partial charge is 0.444 e. The lowest BCUT2D eigenvalue weighted by atomic mass is 10.1. The van der Waals surface area contributed by atoms with E-state index in [-0.39, 0.29) is 6.09 Å². The van der Waals surface area contributed by atoms with Crippen molar-refractivity contribution in [2.24, 2.45) is 5.92 Å². The summed E-state index contributed by atoms with van der Waals surface area (Å²) < 4.78 is 5.27. The van der Waals surface area contributed by atoms with Gasteiger partial charge in [-0.25, -0.2) is 4.79 Å². The summed E-state index contributed by atoms with van der Waals surface area (Å²) in [5.74, 6) is 0.461. The first-order valence-corrected chi connectivity index (χ1v) is 5.53. The van der Waals surface area contributed by atoms with Crippen LogP contribution < -0.4 is 0 Å². The Kier molecular flexibility index (Phi) is 2.23. The van der Waals surface area contributed by atoms with E-state index in [2.05, 4.69) is 0 Å². The molecule has 0 radical (unpaired) electrons. The number of amides is 1. The van der Waals surface area contributed by atoms with E-state index in [0.29, 0.717) is 25.3 Å². The highest BCUT2D eigenvalue weighted by molar-refractivity contribution is 5.69. The van der Waals surface area contributed by atoms with E-state index in [1.807, 2.05) is 20.8 Å². The lowest BCUT2D eigenvalue weighted by molar-refractivity contribution is -0.0865. The Bertz CT molecular complexity index is 284. The molecular formula is C11H19NO3. The maximum absolute atomic E-state index is 11.8. The number of carbonyl (C=O) groups excluding carboxylic acids is 1. The third kappa shape index (κ3) is 1.95. The molecule has 2 fully saturated rings. The molecule has 0 aromatic heterocycles. The average molecular weight is 213 g/mol. The van der Waals surface area contributed by atoms with Gasteiger partial charge in [-0.3, -0.25) is 4.90 Å². The number of carbonyl (C=O) groups is 1. The Balaban J connectivity index is 2.04. The number of piperidine rings is 1. The predicted octanol–water partition coefficient (Wildman–Crippen LogP) is 1.73. The van der Waals surface area contributed by atoms with Gasteiger partial charge in [0.25, 0.3) is 0 Å². The smallest absolute Gasteiger partial charge is 0.412 e. The minimum atomic E-state index is -0.924. The molecule has 1 saturated heterocycles. The standard InChI is InChI=1S/C11H19NO3/c1-10(2,3)15-9(13)12-7-8-4-5-11(12,14)6-8/h8,14H,4-7H2,1-3H3. The van der Waals surface area contributed by atoms with Crippen LogP contribution in [-0.2, 0) is 4.74 Å². The molecule has 1 aliphatic carbocycles. The van der Waals surface area contributed by atoms with Crippen molar-refractivity contribution in [3.05, 3.63) is 0 Å². The highest BCUT2D eigenvalue weighted by Gasteiger charge is 2.52. The van der Waals surface area contributed by atoms with Gasteiger partial charge in [0.1, 0.15) is 11.3 Å². The van der Waals surface area contributed by atoms with Crippen LogP contribution in [0.25, 0.3) is 0 Å². The molecule has 4 nitrogen and oxygen atoms in total. The zero-order chi connectivity index (χ0) is 11.3. The number of hydrogen-bond donors (Lipinski definition) is 1. The van der Waals surface area contributed by atoms with E-state index in [0.717, 1.165) is 6.42 Å². The molecule has 1 heterocycles. The molecule has 1 N–H and O–H groups in total. The normalized spacial score (nSPS) is 34.7. The first kappa shape index (κ1) is 10.7. The van der Waals surface area contributed by atoms with Gasteiger partial charge >= 0.3 is 6.09 Å². The number of ether oxygens (including phenoxy) is 1. The van der Waals surface area contributed by atoms with Crippen LogP contribution in [0.4, 0.5) is 4.79 Å². The second-order valence-corrected chi connectivity index (χ2v) is 5.68. The lowest BCUT2D eigenvalue weighted by Gasteiger charge is -2.35. The van der Waals surface area contributed by atoms with Crippen molar-refractivity contribution >= 4 is 6.09 Å². The van der Waals surface area contributed by atoms with Crippen LogP contribution in [-0.4, -0.2) is 34.0 Å². The van der Waals surface area contributed by atoms with Crippen molar-refractivity contribution in [2.75, 3.05) is 6.54 Å². The van der Waals surface area contributed by atoms with Gasteiger partial charge in [0, 0.05) is 6.54 Å². The van der Waals surface area contributed by atoms with Gasteiger partial charge in [0.05, 0.1) is 0 Å². The number of nitrogens with zero attached hydrogens (tertiary/aromatic N) is 1. The molecule has 0 spiro atoms. The van der Waals surface area contributed by atoms with Gasteiger partial charge in [-0.15, -0.1) is 0 Å². The van der Waals surface area contributed by atoms with Crippen molar-refractivity contribution in [1.29, 1.82) is 0 Å². The number of aliphatic hydroxyl groups is 1. The van der Waals surface area contributed by atoms with E-state index in [1.54, 1.807) is 0 Å². The Hall–Kier alpha value is -0.770. The van der Waals surface area contributed by atoms with Crippen molar-refractivity contribution in [3.8, 4) is 0 Å². The fraction of sp³-hybridized carbons (Fsp3) is 0.909. The van der Waals surface area contributed by atoms with Gasteiger partial charge in [0.15, 0.2) is 0 Å². The minimum absolute atomic E-state index is 0.382. The molecular weight excluding hydrogens is 194 g/mol. The Labute approximate surface area is 90.2 Å². The third-order valence-electron chi connectivity index (χ3n) is 3.13. The summed E-state index contributed by atoms with van der Waals surface area (Å²) in [6.07, 6.45) is 2.05. The second kappa shape index (κ2) is 3.11. The summed E-state index contributed by atoms with van der Waals surface area (Å²) in [5.41, 5.74) is -1.41. The topological polar surface area (TPSA) is 49.8 Å². The molecule has 2 aliphatic rings. The molecule has 1 saturated carbocycles. The van der Waals surface area contributed by atoms with Crippen molar-refractivity contribution < 1.29 is 14.6 Å². The van der Waals surface area contributed by atoms with Crippen LogP contribution >= 0.6 is 0 Å². The van der Waals surface area contributed by atoms with Crippen molar-refractivity contribution in [1.82, 2.24) is 4.90 Å². The highest BCUT2D eigenvalue weighted by atomic mass is 16.6. The summed E-state index contributed by atoms with van der Waals surface area (Å²) in [5, 5.41) is 10.2. The van der Waals surface area contributed by atoms with E-state index in [4.69, 9.17) is 4.74 Å². The van der Waals surface area contributed by atoms with Gasteiger partial charge in [-0.2, -0.15) is 0 Å². The minimum Gasteiger partial charge on any atom is -0.444 e. The van der Waals surface area contributed by atoms with E-state index in [1.165, 1.54) is 4.90 Å². The molecule has 2 atom stereocenters. The molecule has 0 aromatic carbocycles. The van der Waals surface area contributed by atoms with E-state index >= 15 is 0 Å². The van der Waals surface area contributed by atoms with Crippen LogP contribution in [0.5, 0.6) is 0 Å². The molecule has 4 heteroatoms. The van der Waals surface area contributed by atoms with E-state index < -0.39 is 11.3 Å². The maximum Gasteiger partial charge on any atom is 0.412 e. The quantitative estimate of drug-likeness (QED) is 0.666. The highest BCUT2D eigenvalue weighted by Crippen LogP contribution is 2.44. The third-order valence-corrected chi connectivity index (χ3v) is 3.13. The molecule has 2 bridgehead atoms. The summed E-state index contributed by atoms with van der Waals surface area (Å²) in [6, 6.07) is 0. The molecule has 0 aromatic rings. The van der Waals surface area contributed by atoms with Gasteiger partial charge in [-0.05, 0) is 46.0 Å². The fourth-order valence-electron chi connectivity index (χ4n) is 2.49. The Morgan fingerprint density at radius 1 is 1.53 bits per heavy atom. The molecule has 2 rings (SSSR count). The van der Waals surface area contributed by atoms with Gasteiger partial charge < -0.3 is 9.84 Å². The van der Waals surface area contributed by atoms with Crippen LogP contribution in [0.3, 0.4) is 0 Å². The van der Waals surface area contributed by atoms with Crippen LogP contribution in [0.15, 0.2) is 0 Å². The summed E-state index contributed by atoms with van der Waals surface area (Å²) in [4.78, 5) is 13.3. The molecule has 86 valence electrons. The van der Waals surface area contributed by atoms with Crippen molar-refractivity contribution in [3.63, 3.8) is 0 Å². The monoisotopic (exact) mass is 213 g/mol. The van der Waals surface area contributed by atoms with Crippen LogP contribution in [0, 0.1) is 5.92 Å². The fourth-order valence-corrected chi connectivity index (χ4v) is 2.49. The number of hydrogen-bond acceptors (Lipinski definition) is 3. The second-order valence-electron chi connectivity index (χ2n) is 5.68. The molecule has 1 amide bonds. The Morgan fingerprint density at radius 3 is 2.60 bits per heavy atom. The zero-order valence-electron chi connectivity index (χ0n) is 9.62. The molecule has 15 heavy (non-hydrogen) atoms. The summed E-state index contributed by atoms with van der Waals surface area (Å²) >= 11 is 0. The van der Waals surface area contributed by atoms with Gasteiger partial charge in [0.2, 0.25) is 0 Å². The summed E-state index contributed by atoms with van der Waals surface area (Å²) in [7, 11) is 0. The SMILES string of the molecule is CC(C)(C)OC(=O)N1CC2CCC1(O)C2. The Morgan fingerprint density at radius 2 is 2.20 bits per heavy atom. The van der Waals surface area contributed by atoms with Crippen LogP contribution in [0.1, 0.15) is 40.0 Å².